The maximum Gasteiger partial charge on any atom is 0.110 e. The topological polar surface area (TPSA) is 29.9 Å². The molecule has 3 nitrogen and oxygen atoms in total. The standard InChI is InChI=1S/C18H27N3/c1-13(2)21-17-9-5-4-8-16(17)20-18(21)11-14(3)15-7-6-10-19-12-15/h4-5,8-9,13-15,19H,6-7,10-12H2,1-3H3. The van der Waals surface area contributed by atoms with Gasteiger partial charge in [-0.05, 0) is 63.7 Å². The van der Waals surface area contributed by atoms with Crippen molar-refractivity contribution in [2.75, 3.05) is 13.1 Å². The minimum absolute atomic E-state index is 0.462. The molecular weight excluding hydrogens is 258 g/mol. The zero-order chi connectivity index (χ0) is 14.8. The number of benzene rings is 1. The summed E-state index contributed by atoms with van der Waals surface area (Å²) in [4.78, 5) is 4.91. The first-order chi connectivity index (χ1) is 10.2. The molecule has 1 aliphatic heterocycles. The summed E-state index contributed by atoms with van der Waals surface area (Å²) in [5.41, 5.74) is 2.41. The molecule has 0 spiro atoms. The van der Waals surface area contributed by atoms with Crippen LogP contribution in [0.4, 0.5) is 0 Å². The first kappa shape index (κ1) is 14.6. The van der Waals surface area contributed by atoms with Gasteiger partial charge in [-0.2, -0.15) is 0 Å². The Morgan fingerprint density at radius 1 is 1.29 bits per heavy atom. The van der Waals surface area contributed by atoms with E-state index >= 15 is 0 Å². The third-order valence-corrected chi connectivity index (χ3v) is 4.83. The smallest absolute Gasteiger partial charge is 0.110 e. The molecule has 2 aromatic rings. The van der Waals surface area contributed by atoms with Gasteiger partial charge in [0.05, 0.1) is 11.0 Å². The van der Waals surface area contributed by atoms with E-state index < -0.39 is 0 Å². The van der Waals surface area contributed by atoms with Crippen LogP contribution in [0.3, 0.4) is 0 Å². The van der Waals surface area contributed by atoms with Crippen LogP contribution in [0.25, 0.3) is 11.0 Å². The quantitative estimate of drug-likeness (QED) is 0.926. The predicted molar refractivity (Wildman–Crippen MR) is 88.6 cm³/mol. The Labute approximate surface area is 127 Å². The number of hydrogen-bond donors (Lipinski definition) is 1. The first-order valence-electron chi connectivity index (χ1n) is 8.33. The zero-order valence-electron chi connectivity index (χ0n) is 13.5. The number of para-hydroxylation sites is 2. The molecule has 114 valence electrons. The maximum absolute atomic E-state index is 4.91. The second kappa shape index (κ2) is 6.18. The van der Waals surface area contributed by atoms with E-state index in [-0.39, 0.29) is 0 Å². The van der Waals surface area contributed by atoms with Crippen molar-refractivity contribution in [2.45, 2.75) is 46.1 Å². The normalized spacial score (nSPS) is 21.0. The maximum atomic E-state index is 4.91. The van der Waals surface area contributed by atoms with Crippen LogP contribution in [0.5, 0.6) is 0 Å². The lowest BCUT2D eigenvalue weighted by atomic mass is 9.85. The van der Waals surface area contributed by atoms with Crippen molar-refractivity contribution in [2.24, 2.45) is 11.8 Å². The second-order valence-corrected chi connectivity index (χ2v) is 6.77. The highest BCUT2D eigenvalue weighted by Gasteiger charge is 2.23. The minimum atomic E-state index is 0.462. The van der Waals surface area contributed by atoms with Crippen molar-refractivity contribution in [3.63, 3.8) is 0 Å². The van der Waals surface area contributed by atoms with E-state index in [1.165, 1.54) is 37.3 Å². The van der Waals surface area contributed by atoms with Gasteiger partial charge in [-0.1, -0.05) is 19.1 Å². The number of aromatic nitrogens is 2. The van der Waals surface area contributed by atoms with E-state index in [1.54, 1.807) is 0 Å². The molecule has 0 amide bonds. The second-order valence-electron chi connectivity index (χ2n) is 6.77. The summed E-state index contributed by atoms with van der Waals surface area (Å²) in [6, 6.07) is 8.98. The SMILES string of the molecule is CC(Cc1nc2ccccc2n1C(C)C)C1CCCNC1. The molecule has 1 aliphatic rings. The van der Waals surface area contributed by atoms with Crippen LogP contribution in [-0.4, -0.2) is 22.6 Å². The fraction of sp³-hybridized carbons (Fsp3) is 0.611. The lowest BCUT2D eigenvalue weighted by Crippen LogP contribution is -2.34. The minimum Gasteiger partial charge on any atom is -0.325 e. The van der Waals surface area contributed by atoms with Gasteiger partial charge in [0.15, 0.2) is 0 Å². The largest absolute Gasteiger partial charge is 0.325 e. The predicted octanol–water partition coefficient (Wildman–Crippen LogP) is 3.80. The summed E-state index contributed by atoms with van der Waals surface area (Å²) in [5, 5.41) is 3.54. The van der Waals surface area contributed by atoms with Gasteiger partial charge in [0.25, 0.3) is 0 Å². The van der Waals surface area contributed by atoms with Crippen molar-refractivity contribution in [3.05, 3.63) is 30.1 Å². The van der Waals surface area contributed by atoms with E-state index in [0.717, 1.165) is 17.9 Å². The number of nitrogens with zero attached hydrogens (tertiary/aromatic N) is 2. The molecule has 3 rings (SSSR count). The monoisotopic (exact) mass is 285 g/mol. The molecule has 3 heteroatoms. The molecule has 2 atom stereocenters. The highest BCUT2D eigenvalue weighted by Crippen LogP contribution is 2.27. The Kier molecular flexibility index (Phi) is 4.29. The van der Waals surface area contributed by atoms with Crippen molar-refractivity contribution >= 4 is 11.0 Å². The number of fused-ring (bicyclic) bond motifs is 1. The van der Waals surface area contributed by atoms with Crippen LogP contribution in [0.15, 0.2) is 24.3 Å². The first-order valence-corrected chi connectivity index (χ1v) is 8.33. The van der Waals surface area contributed by atoms with Gasteiger partial charge in [0, 0.05) is 12.5 Å². The number of nitrogens with one attached hydrogen (secondary N) is 1. The summed E-state index contributed by atoms with van der Waals surface area (Å²) < 4.78 is 2.42. The molecule has 0 aliphatic carbocycles. The summed E-state index contributed by atoms with van der Waals surface area (Å²) >= 11 is 0. The van der Waals surface area contributed by atoms with E-state index in [0.29, 0.717) is 12.0 Å². The number of rotatable bonds is 4. The van der Waals surface area contributed by atoms with Gasteiger partial charge >= 0.3 is 0 Å². The fourth-order valence-corrected chi connectivity index (χ4v) is 3.63. The Balaban J connectivity index is 1.87. The third kappa shape index (κ3) is 2.98. The van der Waals surface area contributed by atoms with Gasteiger partial charge < -0.3 is 9.88 Å². The Hall–Kier alpha value is -1.35. The molecular formula is C18H27N3. The van der Waals surface area contributed by atoms with Gasteiger partial charge in [0.2, 0.25) is 0 Å². The number of imidazole rings is 1. The van der Waals surface area contributed by atoms with E-state index in [1.807, 2.05) is 0 Å². The Morgan fingerprint density at radius 2 is 2.10 bits per heavy atom. The molecule has 1 N–H and O–H groups in total. The van der Waals surface area contributed by atoms with E-state index in [9.17, 15) is 0 Å². The molecule has 0 radical (unpaired) electrons. The lowest BCUT2D eigenvalue weighted by molar-refractivity contribution is 0.274. The molecule has 2 heterocycles. The van der Waals surface area contributed by atoms with Gasteiger partial charge in [0.1, 0.15) is 5.82 Å². The summed E-state index contributed by atoms with van der Waals surface area (Å²) in [7, 11) is 0. The molecule has 1 aromatic heterocycles. The third-order valence-electron chi connectivity index (χ3n) is 4.83. The Morgan fingerprint density at radius 3 is 2.81 bits per heavy atom. The van der Waals surface area contributed by atoms with Crippen LogP contribution >= 0.6 is 0 Å². The highest BCUT2D eigenvalue weighted by atomic mass is 15.1. The molecule has 0 saturated carbocycles. The van der Waals surface area contributed by atoms with Gasteiger partial charge in [-0.3, -0.25) is 0 Å². The molecule has 1 fully saturated rings. The van der Waals surface area contributed by atoms with Crippen molar-refractivity contribution in [1.82, 2.24) is 14.9 Å². The molecule has 1 saturated heterocycles. The molecule has 1 aromatic carbocycles. The summed E-state index contributed by atoms with van der Waals surface area (Å²) in [5.74, 6) is 2.73. The van der Waals surface area contributed by atoms with Crippen molar-refractivity contribution < 1.29 is 0 Å². The lowest BCUT2D eigenvalue weighted by Gasteiger charge is -2.28. The highest BCUT2D eigenvalue weighted by molar-refractivity contribution is 5.76. The average molecular weight is 285 g/mol. The number of hydrogen-bond acceptors (Lipinski definition) is 2. The van der Waals surface area contributed by atoms with Gasteiger partial charge in [-0.15, -0.1) is 0 Å². The van der Waals surface area contributed by atoms with Crippen LogP contribution in [0, 0.1) is 11.8 Å². The Bertz CT molecular complexity index is 594. The van der Waals surface area contributed by atoms with Crippen LogP contribution in [-0.2, 0) is 6.42 Å². The van der Waals surface area contributed by atoms with Crippen LogP contribution < -0.4 is 5.32 Å². The zero-order valence-corrected chi connectivity index (χ0v) is 13.5. The van der Waals surface area contributed by atoms with Gasteiger partial charge in [-0.25, -0.2) is 4.98 Å². The van der Waals surface area contributed by atoms with Crippen molar-refractivity contribution in [3.8, 4) is 0 Å². The fourth-order valence-electron chi connectivity index (χ4n) is 3.63. The van der Waals surface area contributed by atoms with Crippen LogP contribution in [0.1, 0.15) is 45.5 Å². The van der Waals surface area contributed by atoms with Crippen molar-refractivity contribution in [1.29, 1.82) is 0 Å². The van der Waals surface area contributed by atoms with E-state index in [4.69, 9.17) is 4.98 Å². The molecule has 2 unspecified atom stereocenters. The molecule has 21 heavy (non-hydrogen) atoms. The molecule has 0 bridgehead atoms. The summed E-state index contributed by atoms with van der Waals surface area (Å²) in [6.07, 6.45) is 3.75. The number of piperidine rings is 1. The van der Waals surface area contributed by atoms with E-state index in [2.05, 4.69) is 54.9 Å². The average Bonchev–Trinajstić information content (AvgIpc) is 2.86. The van der Waals surface area contributed by atoms with Crippen LogP contribution in [0.2, 0.25) is 0 Å². The summed E-state index contributed by atoms with van der Waals surface area (Å²) in [6.45, 7) is 9.26.